The van der Waals surface area contributed by atoms with Crippen molar-refractivity contribution >= 4 is 28.8 Å². The van der Waals surface area contributed by atoms with E-state index in [9.17, 15) is 4.79 Å². The molecule has 4 nitrogen and oxygen atoms in total. The fraction of sp³-hybridized carbons (Fsp3) is 0.263. The Kier molecular flexibility index (Phi) is 4.90. The fourth-order valence-electron chi connectivity index (χ4n) is 2.42. The first-order chi connectivity index (χ1) is 11.6. The molecule has 0 aliphatic rings. The van der Waals surface area contributed by atoms with Gasteiger partial charge in [-0.1, -0.05) is 23.9 Å². The van der Waals surface area contributed by atoms with Crippen LogP contribution in [0.5, 0.6) is 0 Å². The van der Waals surface area contributed by atoms with Crippen molar-refractivity contribution in [3.8, 4) is 0 Å². The lowest BCUT2D eigenvalue weighted by Gasteiger charge is -2.03. The number of esters is 1. The summed E-state index contributed by atoms with van der Waals surface area (Å²) in [6, 6.07) is 11.8. The maximum absolute atomic E-state index is 11.6. The molecule has 0 radical (unpaired) electrons. The Morgan fingerprint density at radius 1 is 1.17 bits per heavy atom. The average Bonchev–Trinajstić information content (AvgIpc) is 2.96. The molecular formula is C19H20N2O2S. The zero-order valence-corrected chi connectivity index (χ0v) is 14.9. The molecule has 0 atom stereocenters. The minimum absolute atomic E-state index is 0.278. The molecule has 0 spiro atoms. The van der Waals surface area contributed by atoms with Crippen molar-refractivity contribution < 1.29 is 9.53 Å². The maximum Gasteiger partial charge on any atom is 0.338 e. The summed E-state index contributed by atoms with van der Waals surface area (Å²) in [7, 11) is 0. The summed E-state index contributed by atoms with van der Waals surface area (Å²) in [5.41, 5.74) is 6.30. The van der Waals surface area contributed by atoms with Gasteiger partial charge in [0.2, 0.25) is 0 Å². The van der Waals surface area contributed by atoms with Crippen LogP contribution in [-0.2, 0) is 10.5 Å². The van der Waals surface area contributed by atoms with Gasteiger partial charge < -0.3 is 9.72 Å². The molecule has 24 heavy (non-hydrogen) atoms. The van der Waals surface area contributed by atoms with Crippen LogP contribution in [0.15, 0.2) is 41.6 Å². The number of hydrogen-bond donors (Lipinski definition) is 1. The summed E-state index contributed by atoms with van der Waals surface area (Å²) in [6.45, 7) is 6.40. The number of hydrogen-bond acceptors (Lipinski definition) is 4. The van der Waals surface area contributed by atoms with Gasteiger partial charge >= 0.3 is 5.97 Å². The number of aromatic nitrogens is 2. The van der Waals surface area contributed by atoms with Gasteiger partial charge in [0.25, 0.3) is 0 Å². The average molecular weight is 340 g/mol. The molecule has 0 unspecified atom stereocenters. The van der Waals surface area contributed by atoms with Crippen LogP contribution in [0.1, 0.15) is 34.0 Å². The SMILES string of the molecule is CCOC(=O)c1ccc(CSc2nc3cc(C)c(C)cc3[nH]2)cc1. The molecule has 0 fully saturated rings. The van der Waals surface area contributed by atoms with Gasteiger partial charge in [0.15, 0.2) is 5.16 Å². The lowest BCUT2D eigenvalue weighted by Crippen LogP contribution is -2.04. The van der Waals surface area contributed by atoms with Crippen LogP contribution in [0.2, 0.25) is 0 Å². The minimum Gasteiger partial charge on any atom is -0.462 e. The number of aromatic amines is 1. The molecule has 3 rings (SSSR count). The molecule has 0 aliphatic heterocycles. The Balaban J connectivity index is 1.68. The van der Waals surface area contributed by atoms with E-state index in [0.717, 1.165) is 27.5 Å². The summed E-state index contributed by atoms with van der Waals surface area (Å²) in [6.07, 6.45) is 0. The van der Waals surface area contributed by atoms with E-state index in [1.54, 1.807) is 30.8 Å². The van der Waals surface area contributed by atoms with Crippen LogP contribution in [0.4, 0.5) is 0 Å². The van der Waals surface area contributed by atoms with E-state index in [1.165, 1.54) is 11.1 Å². The summed E-state index contributed by atoms with van der Waals surface area (Å²) in [5, 5.41) is 0.907. The van der Waals surface area contributed by atoms with Gasteiger partial charge in [0.05, 0.1) is 23.2 Å². The summed E-state index contributed by atoms with van der Waals surface area (Å²) in [4.78, 5) is 19.6. The minimum atomic E-state index is -0.278. The highest BCUT2D eigenvalue weighted by atomic mass is 32.2. The first kappa shape index (κ1) is 16.6. The van der Waals surface area contributed by atoms with Crippen molar-refractivity contribution in [2.24, 2.45) is 0 Å². The summed E-state index contributed by atoms with van der Waals surface area (Å²) >= 11 is 1.65. The number of H-pyrrole nitrogens is 1. The number of carbonyl (C=O) groups is 1. The van der Waals surface area contributed by atoms with Crippen molar-refractivity contribution in [3.63, 3.8) is 0 Å². The van der Waals surface area contributed by atoms with Crippen LogP contribution < -0.4 is 0 Å². The van der Waals surface area contributed by atoms with Gasteiger partial charge in [-0.05, 0) is 61.7 Å². The van der Waals surface area contributed by atoms with Crippen LogP contribution in [0.25, 0.3) is 11.0 Å². The molecule has 1 N–H and O–H groups in total. The van der Waals surface area contributed by atoms with E-state index >= 15 is 0 Å². The smallest absolute Gasteiger partial charge is 0.338 e. The molecule has 1 aromatic heterocycles. The second-order valence-electron chi connectivity index (χ2n) is 5.70. The Bertz CT molecular complexity index is 830. The fourth-order valence-corrected chi connectivity index (χ4v) is 3.26. The zero-order chi connectivity index (χ0) is 17.1. The highest BCUT2D eigenvalue weighted by molar-refractivity contribution is 7.98. The van der Waals surface area contributed by atoms with Gasteiger partial charge in [-0.2, -0.15) is 0 Å². The van der Waals surface area contributed by atoms with Crippen molar-refractivity contribution in [3.05, 3.63) is 58.7 Å². The Labute approximate surface area is 145 Å². The molecule has 0 bridgehead atoms. The Morgan fingerprint density at radius 3 is 2.58 bits per heavy atom. The Morgan fingerprint density at radius 2 is 1.88 bits per heavy atom. The van der Waals surface area contributed by atoms with Crippen LogP contribution in [-0.4, -0.2) is 22.5 Å². The Hall–Kier alpha value is -2.27. The molecule has 0 saturated carbocycles. The quantitative estimate of drug-likeness (QED) is 0.542. The molecule has 5 heteroatoms. The number of carbonyl (C=O) groups excluding carboxylic acids is 1. The highest BCUT2D eigenvalue weighted by Gasteiger charge is 2.08. The molecular weight excluding hydrogens is 320 g/mol. The standard InChI is InChI=1S/C19H20N2O2S/c1-4-23-18(22)15-7-5-14(6-8-15)11-24-19-20-16-9-12(2)13(3)10-17(16)21-19/h5-10H,4,11H2,1-3H3,(H,20,21). The third-order valence-electron chi connectivity index (χ3n) is 3.92. The third-order valence-corrected chi connectivity index (χ3v) is 4.86. The normalized spacial score (nSPS) is 11.0. The lowest BCUT2D eigenvalue weighted by atomic mass is 10.1. The zero-order valence-electron chi connectivity index (χ0n) is 14.1. The van der Waals surface area contributed by atoms with E-state index in [0.29, 0.717) is 12.2 Å². The van der Waals surface area contributed by atoms with Gasteiger partial charge in [-0.15, -0.1) is 0 Å². The van der Waals surface area contributed by atoms with Crippen molar-refractivity contribution in [2.45, 2.75) is 31.7 Å². The third kappa shape index (κ3) is 3.62. The predicted molar refractivity (Wildman–Crippen MR) is 97.5 cm³/mol. The molecule has 2 aromatic carbocycles. The van der Waals surface area contributed by atoms with E-state index in [1.807, 2.05) is 12.1 Å². The van der Waals surface area contributed by atoms with E-state index in [-0.39, 0.29) is 5.97 Å². The number of rotatable bonds is 5. The van der Waals surface area contributed by atoms with Gasteiger partial charge in [-0.3, -0.25) is 0 Å². The molecule has 0 saturated heterocycles. The van der Waals surface area contributed by atoms with Crippen molar-refractivity contribution in [1.29, 1.82) is 0 Å². The summed E-state index contributed by atoms with van der Waals surface area (Å²) < 4.78 is 4.99. The number of aryl methyl sites for hydroxylation is 2. The first-order valence-electron chi connectivity index (χ1n) is 7.92. The molecule has 3 aromatic rings. The first-order valence-corrected chi connectivity index (χ1v) is 8.91. The number of nitrogens with one attached hydrogen (secondary N) is 1. The van der Waals surface area contributed by atoms with E-state index < -0.39 is 0 Å². The largest absolute Gasteiger partial charge is 0.462 e. The van der Waals surface area contributed by atoms with Crippen molar-refractivity contribution in [2.75, 3.05) is 6.61 Å². The number of fused-ring (bicyclic) bond motifs is 1. The van der Waals surface area contributed by atoms with E-state index in [2.05, 4.69) is 35.9 Å². The second kappa shape index (κ2) is 7.09. The lowest BCUT2D eigenvalue weighted by molar-refractivity contribution is 0.0526. The highest BCUT2D eigenvalue weighted by Crippen LogP contribution is 2.25. The number of thioether (sulfide) groups is 1. The van der Waals surface area contributed by atoms with E-state index in [4.69, 9.17) is 4.74 Å². The van der Waals surface area contributed by atoms with Crippen LogP contribution >= 0.6 is 11.8 Å². The summed E-state index contributed by atoms with van der Waals surface area (Å²) in [5.74, 6) is 0.515. The molecule has 1 heterocycles. The number of ether oxygens (including phenoxy) is 1. The number of imidazole rings is 1. The van der Waals surface area contributed by atoms with Crippen LogP contribution in [0, 0.1) is 13.8 Å². The maximum atomic E-state index is 11.6. The van der Waals surface area contributed by atoms with Crippen molar-refractivity contribution in [1.82, 2.24) is 9.97 Å². The molecule has 0 amide bonds. The topological polar surface area (TPSA) is 55.0 Å². The van der Waals surface area contributed by atoms with Gasteiger partial charge in [0, 0.05) is 5.75 Å². The van der Waals surface area contributed by atoms with Gasteiger partial charge in [-0.25, -0.2) is 9.78 Å². The monoisotopic (exact) mass is 340 g/mol. The number of nitrogens with zero attached hydrogens (tertiary/aromatic N) is 1. The number of benzene rings is 2. The molecule has 124 valence electrons. The second-order valence-corrected chi connectivity index (χ2v) is 6.67. The molecule has 0 aliphatic carbocycles. The predicted octanol–water partition coefficient (Wildman–Crippen LogP) is 4.65. The van der Waals surface area contributed by atoms with Crippen LogP contribution in [0.3, 0.4) is 0 Å². The van der Waals surface area contributed by atoms with Gasteiger partial charge in [0.1, 0.15) is 0 Å².